The minimum absolute atomic E-state index is 0.0511. The number of benzene rings is 3. The molecule has 1 aliphatic rings. The van der Waals surface area contributed by atoms with Gasteiger partial charge in [0.15, 0.2) is 0 Å². The Morgan fingerprint density at radius 2 is 1.89 bits per heavy atom. The Kier molecular flexibility index (Phi) is 6.17. The third-order valence-corrected chi connectivity index (χ3v) is 7.00. The highest BCUT2D eigenvalue weighted by Gasteiger charge is 2.42. The second kappa shape index (κ2) is 9.29. The summed E-state index contributed by atoms with van der Waals surface area (Å²) in [6.45, 7) is 2.30. The average molecular weight is 508 g/mol. The maximum absolute atomic E-state index is 13.6. The lowest BCUT2D eigenvalue weighted by Crippen LogP contribution is -2.31. The van der Waals surface area contributed by atoms with Gasteiger partial charge in [0, 0.05) is 27.7 Å². The number of carbonyl (C=O) groups excluding carboxylic acids is 1. The Morgan fingerprint density at radius 3 is 2.60 bits per heavy atom. The Morgan fingerprint density at radius 1 is 1.11 bits per heavy atom. The molecule has 0 bridgehead atoms. The van der Waals surface area contributed by atoms with E-state index >= 15 is 0 Å². The number of nitrogens with zero attached hydrogens (tertiary/aromatic N) is 2. The van der Waals surface area contributed by atoms with E-state index in [1.807, 2.05) is 54.3 Å². The van der Waals surface area contributed by atoms with Gasteiger partial charge in [-0.3, -0.25) is 9.89 Å². The molecule has 1 amide bonds. The first-order valence-corrected chi connectivity index (χ1v) is 11.9. The molecule has 6 nitrogen and oxygen atoms in total. The van der Waals surface area contributed by atoms with Crippen molar-refractivity contribution in [3.63, 3.8) is 0 Å². The van der Waals surface area contributed by atoms with Crippen LogP contribution in [0.4, 0.5) is 0 Å². The molecular weight excluding hydrogens is 485 g/mol. The van der Waals surface area contributed by atoms with Crippen LogP contribution in [0.5, 0.6) is 11.5 Å². The van der Waals surface area contributed by atoms with Crippen molar-refractivity contribution in [2.75, 3.05) is 13.7 Å². The van der Waals surface area contributed by atoms with Gasteiger partial charge in [-0.15, -0.1) is 0 Å². The highest BCUT2D eigenvalue weighted by atomic mass is 35.5. The van der Waals surface area contributed by atoms with Crippen molar-refractivity contribution in [2.45, 2.75) is 19.4 Å². The van der Waals surface area contributed by atoms with E-state index in [4.69, 9.17) is 27.9 Å². The Bertz CT molecular complexity index is 1420. The molecule has 5 rings (SSSR count). The van der Waals surface area contributed by atoms with Crippen molar-refractivity contribution < 1.29 is 14.6 Å². The van der Waals surface area contributed by atoms with E-state index < -0.39 is 6.04 Å². The van der Waals surface area contributed by atoms with Gasteiger partial charge < -0.3 is 14.7 Å². The number of fused-ring (bicyclic) bond motifs is 1. The first-order chi connectivity index (χ1) is 16.9. The monoisotopic (exact) mass is 507 g/mol. The van der Waals surface area contributed by atoms with Crippen LogP contribution in [0.25, 0.3) is 11.3 Å². The van der Waals surface area contributed by atoms with Gasteiger partial charge in [-0.2, -0.15) is 5.10 Å². The lowest BCUT2D eigenvalue weighted by atomic mass is 9.95. The highest BCUT2D eigenvalue weighted by molar-refractivity contribution is 6.31. The molecule has 1 aromatic heterocycles. The van der Waals surface area contributed by atoms with Crippen LogP contribution in [0.1, 0.15) is 38.8 Å². The van der Waals surface area contributed by atoms with E-state index in [2.05, 4.69) is 10.2 Å². The summed E-state index contributed by atoms with van der Waals surface area (Å²) in [5.74, 6) is 0.676. The number of hydrogen-bond acceptors (Lipinski definition) is 4. The number of aromatic nitrogens is 2. The van der Waals surface area contributed by atoms with Crippen LogP contribution >= 0.6 is 23.2 Å². The second-order valence-corrected chi connectivity index (χ2v) is 9.38. The van der Waals surface area contributed by atoms with Gasteiger partial charge in [-0.25, -0.2) is 0 Å². The van der Waals surface area contributed by atoms with E-state index in [0.29, 0.717) is 45.5 Å². The summed E-state index contributed by atoms with van der Waals surface area (Å²) in [7, 11) is 1.63. The lowest BCUT2D eigenvalue weighted by molar-refractivity contribution is 0.0746. The number of hydrogen-bond donors (Lipinski definition) is 2. The summed E-state index contributed by atoms with van der Waals surface area (Å²) in [5.41, 5.74) is 4.75. The Labute approximate surface area is 213 Å². The molecule has 0 saturated carbocycles. The van der Waals surface area contributed by atoms with Crippen molar-refractivity contribution in [1.82, 2.24) is 15.1 Å². The van der Waals surface area contributed by atoms with Crippen LogP contribution in [0.3, 0.4) is 0 Å². The van der Waals surface area contributed by atoms with Crippen LogP contribution in [0.2, 0.25) is 10.0 Å². The first-order valence-electron chi connectivity index (χ1n) is 11.1. The highest BCUT2D eigenvalue weighted by Crippen LogP contribution is 2.45. The molecular formula is C27H23Cl2N3O3. The maximum Gasteiger partial charge on any atom is 0.273 e. The summed E-state index contributed by atoms with van der Waals surface area (Å²) in [4.78, 5) is 15.4. The number of halogens is 2. The van der Waals surface area contributed by atoms with Crippen LogP contribution in [-0.2, 0) is 6.42 Å². The number of nitrogens with one attached hydrogen (secondary N) is 1. The molecule has 0 spiro atoms. The van der Waals surface area contributed by atoms with Crippen molar-refractivity contribution in [1.29, 1.82) is 0 Å². The Hall–Kier alpha value is -3.48. The number of H-pyrrole nitrogens is 1. The van der Waals surface area contributed by atoms with Crippen LogP contribution in [-0.4, -0.2) is 39.8 Å². The lowest BCUT2D eigenvalue weighted by Gasteiger charge is -2.26. The van der Waals surface area contributed by atoms with Gasteiger partial charge in [-0.1, -0.05) is 47.5 Å². The standard InChI is InChI=1S/C27H23Cl2N3O3/c1-15-12-22(33)20(14-21(15)29)24-23-25(31-30-24)27(34)32(26(23)17-4-3-5-18(28)13-17)11-10-16-6-8-19(35-2)9-7-16/h3-9,12-14,26,33H,10-11H2,1-2H3,(H,30,31)/t26-/m0/s1. The van der Waals surface area contributed by atoms with Crippen molar-refractivity contribution in [3.05, 3.63) is 98.7 Å². The number of rotatable bonds is 6. The third-order valence-electron chi connectivity index (χ3n) is 6.36. The van der Waals surface area contributed by atoms with E-state index in [9.17, 15) is 9.90 Å². The maximum atomic E-state index is 13.6. The zero-order valence-corrected chi connectivity index (χ0v) is 20.7. The topological polar surface area (TPSA) is 78.5 Å². The normalized spacial score (nSPS) is 14.9. The Balaban J connectivity index is 1.57. The van der Waals surface area contributed by atoms with Crippen molar-refractivity contribution in [2.24, 2.45) is 0 Å². The predicted octanol–water partition coefficient (Wildman–Crippen LogP) is 6.19. The molecule has 4 aromatic rings. The number of carbonyl (C=O) groups is 1. The number of amides is 1. The molecule has 178 valence electrons. The summed E-state index contributed by atoms with van der Waals surface area (Å²) < 4.78 is 5.24. The minimum Gasteiger partial charge on any atom is -0.507 e. The molecule has 1 aliphatic heterocycles. The van der Waals surface area contributed by atoms with Gasteiger partial charge in [0.25, 0.3) is 5.91 Å². The van der Waals surface area contributed by atoms with Gasteiger partial charge in [0.1, 0.15) is 22.9 Å². The smallest absolute Gasteiger partial charge is 0.273 e. The molecule has 2 heterocycles. The van der Waals surface area contributed by atoms with E-state index in [1.54, 1.807) is 25.3 Å². The summed E-state index contributed by atoms with van der Waals surface area (Å²) in [5, 5.41) is 19.1. The number of phenols is 1. The van der Waals surface area contributed by atoms with Gasteiger partial charge in [0.2, 0.25) is 0 Å². The van der Waals surface area contributed by atoms with Crippen molar-refractivity contribution in [3.8, 4) is 22.8 Å². The summed E-state index contributed by atoms with van der Waals surface area (Å²) in [6.07, 6.45) is 0.654. The number of methoxy groups -OCH3 is 1. The largest absolute Gasteiger partial charge is 0.507 e. The molecule has 3 aromatic carbocycles. The van der Waals surface area contributed by atoms with E-state index in [-0.39, 0.29) is 11.7 Å². The zero-order chi connectivity index (χ0) is 24.7. The SMILES string of the molecule is COc1ccc(CCN2C(=O)c3[nH]nc(-c4cc(Cl)c(C)cc4O)c3[C@@H]2c2cccc(Cl)c2)cc1. The third kappa shape index (κ3) is 4.24. The summed E-state index contributed by atoms with van der Waals surface area (Å²) in [6, 6.07) is 18.1. The summed E-state index contributed by atoms with van der Waals surface area (Å²) >= 11 is 12.7. The molecule has 0 saturated heterocycles. The number of ether oxygens (including phenoxy) is 1. The predicted molar refractivity (Wildman–Crippen MR) is 136 cm³/mol. The fraction of sp³-hybridized carbons (Fsp3) is 0.185. The average Bonchev–Trinajstić information content (AvgIpc) is 3.39. The second-order valence-electron chi connectivity index (χ2n) is 8.53. The number of aryl methyl sites for hydroxylation is 1. The number of aromatic amines is 1. The van der Waals surface area contributed by atoms with Gasteiger partial charge in [0.05, 0.1) is 13.2 Å². The van der Waals surface area contributed by atoms with E-state index in [1.165, 1.54) is 0 Å². The zero-order valence-electron chi connectivity index (χ0n) is 19.2. The molecule has 35 heavy (non-hydrogen) atoms. The molecule has 0 radical (unpaired) electrons. The molecule has 0 fully saturated rings. The molecule has 2 N–H and O–H groups in total. The molecule has 1 atom stereocenters. The minimum atomic E-state index is -0.428. The molecule has 0 aliphatic carbocycles. The van der Waals surface area contributed by atoms with Crippen LogP contribution in [0, 0.1) is 6.92 Å². The molecule has 0 unspecified atom stereocenters. The fourth-order valence-electron chi connectivity index (χ4n) is 4.55. The van der Waals surface area contributed by atoms with Gasteiger partial charge >= 0.3 is 0 Å². The number of phenolic OH excluding ortho intramolecular Hbond substituents is 1. The quantitative estimate of drug-likeness (QED) is 0.325. The van der Waals surface area contributed by atoms with Crippen LogP contribution < -0.4 is 4.74 Å². The fourth-order valence-corrected chi connectivity index (χ4v) is 4.92. The van der Waals surface area contributed by atoms with E-state index in [0.717, 1.165) is 22.4 Å². The van der Waals surface area contributed by atoms with Crippen molar-refractivity contribution >= 4 is 29.1 Å². The number of aromatic hydroxyl groups is 1. The molecule has 8 heteroatoms. The van der Waals surface area contributed by atoms with Crippen LogP contribution in [0.15, 0.2) is 60.7 Å². The van der Waals surface area contributed by atoms with Gasteiger partial charge in [-0.05, 0) is 66.4 Å². The first kappa shape index (κ1) is 23.3.